The Morgan fingerprint density at radius 3 is 2.48 bits per heavy atom. The summed E-state index contributed by atoms with van der Waals surface area (Å²) in [6.45, 7) is 6.80. The Bertz CT molecular complexity index is 1310. The molecule has 228 valence electrons. The Hall–Kier alpha value is -3.52. The average Bonchev–Trinajstić information content (AvgIpc) is 2.96. The number of piperazine rings is 1. The lowest BCUT2D eigenvalue weighted by atomic mass is 9.84. The van der Waals surface area contributed by atoms with Crippen molar-refractivity contribution in [2.45, 2.75) is 38.5 Å². The van der Waals surface area contributed by atoms with Crippen LogP contribution >= 0.6 is 0 Å². The van der Waals surface area contributed by atoms with E-state index in [0.717, 1.165) is 0 Å². The number of carbonyl (C=O) groups is 2. The Labute approximate surface area is 241 Å². The van der Waals surface area contributed by atoms with E-state index in [0.29, 0.717) is 51.0 Å². The lowest BCUT2D eigenvalue weighted by Gasteiger charge is -2.44. The maximum Gasteiger partial charge on any atom is 0.393 e. The van der Waals surface area contributed by atoms with Crippen molar-refractivity contribution in [3.05, 3.63) is 30.2 Å². The Balaban J connectivity index is 1.52. The highest BCUT2D eigenvalue weighted by Crippen LogP contribution is 2.39. The van der Waals surface area contributed by atoms with Crippen LogP contribution in [0.3, 0.4) is 0 Å². The van der Waals surface area contributed by atoms with Crippen molar-refractivity contribution in [1.29, 1.82) is 0 Å². The number of benzene rings is 1. The third-order valence-electron chi connectivity index (χ3n) is 8.42. The molecule has 14 heteroatoms. The number of amides is 2. The maximum atomic E-state index is 15.8. The van der Waals surface area contributed by atoms with Crippen LogP contribution in [-0.4, -0.2) is 97.9 Å². The van der Waals surface area contributed by atoms with E-state index in [1.807, 2.05) is 30.7 Å². The number of ether oxygens (including phenoxy) is 1. The summed E-state index contributed by atoms with van der Waals surface area (Å²) >= 11 is 0. The fraction of sp³-hybridized carbons (Fsp3) is 0.571. The van der Waals surface area contributed by atoms with Gasteiger partial charge in [0, 0.05) is 63.0 Å². The van der Waals surface area contributed by atoms with Crippen molar-refractivity contribution >= 4 is 29.1 Å². The summed E-state index contributed by atoms with van der Waals surface area (Å²) in [5.41, 5.74) is 0.877. The molecular weight excluding hydrogens is 558 g/mol. The van der Waals surface area contributed by atoms with Gasteiger partial charge in [-0.3, -0.25) is 14.5 Å². The predicted molar refractivity (Wildman–Crippen MR) is 149 cm³/mol. The summed E-state index contributed by atoms with van der Waals surface area (Å²) in [5, 5.41) is 5.04. The number of morpholine rings is 1. The molecule has 2 aromatic rings. The maximum absolute atomic E-state index is 15.8. The van der Waals surface area contributed by atoms with Gasteiger partial charge in [-0.05, 0) is 39.1 Å². The molecule has 10 nitrogen and oxygen atoms in total. The second kappa shape index (κ2) is 12.0. The quantitative estimate of drug-likeness (QED) is 0.511. The van der Waals surface area contributed by atoms with Gasteiger partial charge in [-0.2, -0.15) is 13.2 Å². The first-order valence-electron chi connectivity index (χ1n) is 14.0. The van der Waals surface area contributed by atoms with Crippen LogP contribution in [0.1, 0.15) is 20.3 Å². The number of hydrogen-bond donors (Lipinski definition) is 2. The molecule has 3 aliphatic rings. The highest BCUT2D eigenvalue weighted by Gasteiger charge is 2.50. The number of piperidine rings is 1. The van der Waals surface area contributed by atoms with E-state index in [2.05, 4.69) is 25.5 Å². The van der Waals surface area contributed by atoms with E-state index in [9.17, 15) is 22.8 Å². The minimum Gasteiger partial charge on any atom is -0.378 e. The SMILES string of the molecule is C[C@@H]1CN(c2cc(F)c(-c3ccnc(N4CCOCC4)n3)cc2NC(=O)C2CNC(=O)CC2C(F)(F)F)C[C@H](C)N1C. The predicted octanol–water partition coefficient (Wildman–Crippen LogP) is 2.90. The largest absolute Gasteiger partial charge is 0.393 e. The highest BCUT2D eigenvalue weighted by atomic mass is 19.4. The van der Waals surface area contributed by atoms with Crippen molar-refractivity contribution in [3.8, 4) is 11.3 Å². The topological polar surface area (TPSA) is 103 Å². The standard InChI is InChI=1S/C28H35F4N7O3/c1-16-14-39(15-17(2)37(16)3)24-12-21(29)18(22-4-5-33-27(36-22)38-6-8-42-9-7-38)10-23(24)35-26(41)19-13-34-25(40)11-20(19)28(30,31)32/h4-5,10,12,16-17,19-20H,6-9,11,13-15H2,1-3H3,(H,34,40)(H,35,41)/t16-,17+,19?,20?. The first-order valence-corrected chi connectivity index (χ1v) is 14.0. The molecule has 2 N–H and O–H groups in total. The van der Waals surface area contributed by atoms with Gasteiger partial charge in [0.25, 0.3) is 0 Å². The molecule has 4 heterocycles. The molecule has 3 saturated heterocycles. The zero-order chi connectivity index (χ0) is 30.2. The second-order valence-corrected chi connectivity index (χ2v) is 11.2. The molecule has 42 heavy (non-hydrogen) atoms. The van der Waals surface area contributed by atoms with Gasteiger partial charge in [-0.1, -0.05) is 0 Å². The number of nitrogens with zero attached hydrogens (tertiary/aromatic N) is 5. The van der Waals surface area contributed by atoms with E-state index >= 15 is 4.39 Å². The molecule has 5 rings (SSSR count). The molecule has 0 saturated carbocycles. The van der Waals surface area contributed by atoms with E-state index in [-0.39, 0.29) is 29.0 Å². The molecule has 0 aliphatic carbocycles. The minimum absolute atomic E-state index is 0.0745. The lowest BCUT2D eigenvalue weighted by molar-refractivity contribution is -0.197. The van der Waals surface area contributed by atoms with Crippen molar-refractivity contribution in [2.24, 2.45) is 11.8 Å². The summed E-state index contributed by atoms with van der Waals surface area (Å²) in [7, 11) is 1.99. The van der Waals surface area contributed by atoms with Gasteiger partial charge in [0.2, 0.25) is 17.8 Å². The summed E-state index contributed by atoms with van der Waals surface area (Å²) in [6, 6.07) is 4.47. The van der Waals surface area contributed by atoms with Crippen LogP contribution in [-0.2, 0) is 14.3 Å². The van der Waals surface area contributed by atoms with Crippen LogP contribution in [0.4, 0.5) is 34.9 Å². The first kappa shape index (κ1) is 30.0. The highest BCUT2D eigenvalue weighted by molar-refractivity contribution is 5.98. The second-order valence-electron chi connectivity index (χ2n) is 11.2. The van der Waals surface area contributed by atoms with E-state index in [1.165, 1.54) is 18.3 Å². The molecular formula is C28H35F4N7O3. The molecule has 3 fully saturated rings. The minimum atomic E-state index is -4.74. The molecule has 0 spiro atoms. The van der Waals surface area contributed by atoms with Crippen LogP contribution in [0.25, 0.3) is 11.3 Å². The van der Waals surface area contributed by atoms with Gasteiger partial charge < -0.3 is 25.2 Å². The number of nitrogens with one attached hydrogen (secondary N) is 2. The number of alkyl halides is 3. The van der Waals surface area contributed by atoms with Gasteiger partial charge in [-0.15, -0.1) is 0 Å². The zero-order valence-electron chi connectivity index (χ0n) is 23.7. The van der Waals surface area contributed by atoms with Crippen LogP contribution in [0.15, 0.2) is 24.4 Å². The molecule has 2 amide bonds. The summed E-state index contributed by atoms with van der Waals surface area (Å²) in [5.74, 6) is -5.52. The van der Waals surface area contributed by atoms with Crippen molar-refractivity contribution in [3.63, 3.8) is 0 Å². The molecule has 1 aromatic carbocycles. The van der Waals surface area contributed by atoms with Crippen molar-refractivity contribution in [2.75, 3.05) is 68.1 Å². The zero-order valence-corrected chi connectivity index (χ0v) is 23.7. The van der Waals surface area contributed by atoms with Crippen LogP contribution in [0.5, 0.6) is 0 Å². The number of carbonyl (C=O) groups excluding carboxylic acids is 2. The lowest BCUT2D eigenvalue weighted by Crippen LogP contribution is -2.55. The number of aromatic nitrogens is 2. The molecule has 3 aliphatic heterocycles. The Morgan fingerprint density at radius 2 is 1.81 bits per heavy atom. The van der Waals surface area contributed by atoms with Gasteiger partial charge >= 0.3 is 6.18 Å². The average molecular weight is 594 g/mol. The van der Waals surface area contributed by atoms with Crippen LogP contribution in [0, 0.1) is 17.7 Å². The molecule has 1 aromatic heterocycles. The molecule has 0 radical (unpaired) electrons. The van der Waals surface area contributed by atoms with Crippen molar-refractivity contribution in [1.82, 2.24) is 20.2 Å². The number of anilines is 3. The fourth-order valence-electron chi connectivity index (χ4n) is 5.76. The Morgan fingerprint density at radius 1 is 1.12 bits per heavy atom. The first-order chi connectivity index (χ1) is 19.9. The number of hydrogen-bond acceptors (Lipinski definition) is 8. The summed E-state index contributed by atoms with van der Waals surface area (Å²) < 4.78 is 62.7. The van der Waals surface area contributed by atoms with Gasteiger partial charge in [0.05, 0.1) is 42.1 Å². The third-order valence-corrected chi connectivity index (χ3v) is 8.42. The van der Waals surface area contributed by atoms with Crippen LogP contribution < -0.4 is 20.4 Å². The molecule has 0 bridgehead atoms. The van der Waals surface area contributed by atoms with Gasteiger partial charge in [0.15, 0.2) is 0 Å². The monoisotopic (exact) mass is 593 g/mol. The number of rotatable bonds is 5. The smallest absolute Gasteiger partial charge is 0.378 e. The van der Waals surface area contributed by atoms with Crippen molar-refractivity contribution < 1.29 is 31.9 Å². The summed E-state index contributed by atoms with van der Waals surface area (Å²) in [6.07, 6.45) is -4.06. The molecule has 4 atom stereocenters. The summed E-state index contributed by atoms with van der Waals surface area (Å²) in [4.78, 5) is 40.1. The van der Waals surface area contributed by atoms with E-state index in [1.54, 1.807) is 6.07 Å². The van der Waals surface area contributed by atoms with Gasteiger partial charge in [0.1, 0.15) is 5.82 Å². The van der Waals surface area contributed by atoms with Crippen LogP contribution in [0.2, 0.25) is 0 Å². The van der Waals surface area contributed by atoms with E-state index < -0.39 is 48.6 Å². The third kappa shape index (κ3) is 6.28. The Kier molecular flexibility index (Phi) is 8.56. The normalized spacial score (nSPS) is 25.7. The molecule has 2 unspecified atom stereocenters. The number of likely N-dealkylation sites (N-methyl/N-ethyl adjacent to an activating group) is 1. The fourth-order valence-corrected chi connectivity index (χ4v) is 5.76. The van der Waals surface area contributed by atoms with Gasteiger partial charge in [-0.25, -0.2) is 14.4 Å². The number of halogens is 4. The van der Waals surface area contributed by atoms with E-state index in [4.69, 9.17) is 4.74 Å².